The van der Waals surface area contributed by atoms with E-state index in [9.17, 15) is 9.90 Å². The lowest BCUT2D eigenvalue weighted by Crippen LogP contribution is -2.17. The highest BCUT2D eigenvalue weighted by Crippen LogP contribution is 2.22. The van der Waals surface area contributed by atoms with Crippen molar-refractivity contribution in [2.45, 2.75) is 0 Å². The maximum atomic E-state index is 11.2. The molecule has 2 N–H and O–H groups in total. The number of rotatable bonds is 2. The van der Waals surface area contributed by atoms with Gasteiger partial charge in [0.05, 0.1) is 12.7 Å². The number of hydrogen-bond acceptors (Lipinski definition) is 3. The van der Waals surface area contributed by atoms with Crippen molar-refractivity contribution in [1.29, 1.82) is 0 Å². The van der Waals surface area contributed by atoms with E-state index in [1.54, 1.807) is 6.07 Å². The molecule has 0 aliphatic carbocycles. The molecule has 0 saturated carbocycles. The molecule has 0 spiro atoms. The first-order valence-corrected chi connectivity index (χ1v) is 3.78. The second-order valence-corrected chi connectivity index (χ2v) is 2.46. The minimum Gasteiger partial charge on any atom is -0.507 e. The van der Waals surface area contributed by atoms with E-state index in [1.165, 1.54) is 26.3 Å². The number of hydrogen-bond donors (Lipinski definition) is 2. The summed E-state index contributed by atoms with van der Waals surface area (Å²) >= 11 is 0. The molecule has 1 aromatic rings. The average molecular weight is 181 g/mol. The molecule has 0 saturated heterocycles. The molecule has 0 aliphatic rings. The smallest absolute Gasteiger partial charge is 0.254 e. The minimum absolute atomic E-state index is 0.0554. The number of aromatic hydroxyl groups is 1. The van der Waals surface area contributed by atoms with Gasteiger partial charge >= 0.3 is 0 Å². The largest absolute Gasteiger partial charge is 0.507 e. The summed E-state index contributed by atoms with van der Waals surface area (Å²) in [6.07, 6.45) is 0. The molecule has 0 heterocycles. The van der Waals surface area contributed by atoms with E-state index >= 15 is 0 Å². The second kappa shape index (κ2) is 3.80. The summed E-state index contributed by atoms with van der Waals surface area (Å²) in [6, 6.07) is 4.49. The fourth-order valence-electron chi connectivity index (χ4n) is 0.959. The summed E-state index contributed by atoms with van der Waals surface area (Å²) < 4.78 is 4.91. The Balaban J connectivity index is 3.11. The van der Waals surface area contributed by atoms with Gasteiger partial charge in [0.1, 0.15) is 11.5 Å². The number of methoxy groups -OCH3 is 1. The van der Waals surface area contributed by atoms with Crippen LogP contribution in [-0.2, 0) is 0 Å². The maximum absolute atomic E-state index is 11.2. The lowest BCUT2D eigenvalue weighted by atomic mass is 10.2. The minimum atomic E-state index is -0.337. The highest BCUT2D eigenvalue weighted by molar-refractivity contribution is 5.97. The summed E-state index contributed by atoms with van der Waals surface area (Å²) in [6.45, 7) is 0. The molecule has 0 fully saturated rings. The summed E-state index contributed by atoms with van der Waals surface area (Å²) in [7, 11) is 3.00. The number of benzene rings is 1. The van der Waals surface area contributed by atoms with Crippen LogP contribution in [0.2, 0.25) is 0 Å². The van der Waals surface area contributed by atoms with Crippen LogP contribution >= 0.6 is 0 Å². The molecule has 70 valence electrons. The van der Waals surface area contributed by atoms with Gasteiger partial charge < -0.3 is 15.2 Å². The van der Waals surface area contributed by atoms with Crippen molar-refractivity contribution in [3.63, 3.8) is 0 Å². The van der Waals surface area contributed by atoms with Gasteiger partial charge in [-0.25, -0.2) is 0 Å². The van der Waals surface area contributed by atoms with Crippen molar-refractivity contribution in [2.75, 3.05) is 14.2 Å². The van der Waals surface area contributed by atoms with E-state index in [4.69, 9.17) is 4.74 Å². The molecule has 13 heavy (non-hydrogen) atoms. The molecular formula is C9H11NO3. The number of carbonyl (C=O) groups is 1. The summed E-state index contributed by atoms with van der Waals surface area (Å²) in [5.41, 5.74) is 0.210. The first-order chi connectivity index (χ1) is 6.19. The molecule has 0 aliphatic heterocycles. The Morgan fingerprint density at radius 3 is 2.77 bits per heavy atom. The van der Waals surface area contributed by atoms with E-state index in [1.807, 2.05) is 0 Å². The zero-order chi connectivity index (χ0) is 9.84. The number of phenols is 1. The molecule has 0 radical (unpaired) electrons. The topological polar surface area (TPSA) is 58.6 Å². The van der Waals surface area contributed by atoms with Gasteiger partial charge in [-0.15, -0.1) is 0 Å². The van der Waals surface area contributed by atoms with Crippen LogP contribution < -0.4 is 10.1 Å². The number of phenolic OH excluding ortho intramolecular Hbond substituents is 1. The predicted molar refractivity (Wildman–Crippen MR) is 48.0 cm³/mol. The van der Waals surface area contributed by atoms with E-state index in [2.05, 4.69) is 5.32 Å². The molecule has 4 heteroatoms. The first-order valence-electron chi connectivity index (χ1n) is 3.78. The van der Waals surface area contributed by atoms with Crippen LogP contribution in [0.4, 0.5) is 0 Å². The molecule has 0 unspecified atom stereocenters. The third-order valence-corrected chi connectivity index (χ3v) is 1.68. The van der Waals surface area contributed by atoms with Crippen LogP contribution in [0, 0.1) is 0 Å². The van der Waals surface area contributed by atoms with E-state index < -0.39 is 0 Å². The van der Waals surface area contributed by atoms with Gasteiger partial charge in [-0.2, -0.15) is 0 Å². The first kappa shape index (κ1) is 9.38. The Morgan fingerprint density at radius 2 is 2.23 bits per heavy atom. The zero-order valence-corrected chi connectivity index (χ0v) is 7.50. The normalized spacial score (nSPS) is 9.38. The van der Waals surface area contributed by atoms with Crippen LogP contribution in [0.1, 0.15) is 10.4 Å². The van der Waals surface area contributed by atoms with Crippen LogP contribution in [-0.4, -0.2) is 25.2 Å². The van der Waals surface area contributed by atoms with Gasteiger partial charge in [0.25, 0.3) is 5.91 Å². The second-order valence-electron chi connectivity index (χ2n) is 2.46. The van der Waals surface area contributed by atoms with Crippen LogP contribution in [0.5, 0.6) is 11.5 Å². The molecule has 0 aromatic heterocycles. The predicted octanol–water partition coefficient (Wildman–Crippen LogP) is 0.760. The SMILES string of the molecule is CNC(=O)c1cc(OC)ccc1O. The van der Waals surface area contributed by atoms with Gasteiger partial charge in [0, 0.05) is 7.05 Å². The molecule has 1 amide bonds. The Morgan fingerprint density at radius 1 is 1.54 bits per heavy atom. The van der Waals surface area contributed by atoms with Gasteiger partial charge in [-0.1, -0.05) is 0 Å². The molecular weight excluding hydrogens is 170 g/mol. The molecule has 0 bridgehead atoms. The van der Waals surface area contributed by atoms with Crippen molar-refractivity contribution < 1.29 is 14.6 Å². The summed E-state index contributed by atoms with van der Waals surface area (Å²) in [4.78, 5) is 11.2. The Labute approximate surface area is 76.1 Å². The van der Waals surface area contributed by atoms with Gasteiger partial charge in [0.15, 0.2) is 0 Å². The fourth-order valence-corrected chi connectivity index (χ4v) is 0.959. The maximum Gasteiger partial charge on any atom is 0.254 e. The van der Waals surface area contributed by atoms with Crippen LogP contribution in [0.25, 0.3) is 0 Å². The van der Waals surface area contributed by atoms with E-state index in [-0.39, 0.29) is 17.2 Å². The van der Waals surface area contributed by atoms with Crippen molar-refractivity contribution in [3.05, 3.63) is 23.8 Å². The van der Waals surface area contributed by atoms with Crippen LogP contribution in [0.15, 0.2) is 18.2 Å². The van der Waals surface area contributed by atoms with E-state index in [0.29, 0.717) is 5.75 Å². The zero-order valence-electron chi connectivity index (χ0n) is 7.50. The summed E-state index contributed by atoms with van der Waals surface area (Å²) in [5.74, 6) is 0.146. The van der Waals surface area contributed by atoms with Crippen molar-refractivity contribution in [1.82, 2.24) is 5.32 Å². The van der Waals surface area contributed by atoms with Gasteiger partial charge in [-0.05, 0) is 18.2 Å². The Kier molecular flexibility index (Phi) is 2.74. The standard InChI is InChI=1S/C9H11NO3/c1-10-9(12)7-5-6(13-2)3-4-8(7)11/h3-5,11H,1-2H3,(H,10,12). The quantitative estimate of drug-likeness (QED) is 0.708. The fraction of sp³-hybridized carbons (Fsp3) is 0.222. The van der Waals surface area contributed by atoms with Gasteiger partial charge in [-0.3, -0.25) is 4.79 Å². The highest BCUT2D eigenvalue weighted by atomic mass is 16.5. The third-order valence-electron chi connectivity index (χ3n) is 1.68. The molecule has 1 rings (SSSR count). The van der Waals surface area contributed by atoms with Crippen molar-refractivity contribution >= 4 is 5.91 Å². The van der Waals surface area contributed by atoms with E-state index in [0.717, 1.165) is 0 Å². The molecule has 4 nitrogen and oxygen atoms in total. The Hall–Kier alpha value is -1.71. The number of amides is 1. The highest BCUT2D eigenvalue weighted by Gasteiger charge is 2.09. The lowest BCUT2D eigenvalue weighted by Gasteiger charge is -2.05. The molecule has 0 atom stereocenters. The van der Waals surface area contributed by atoms with Crippen molar-refractivity contribution in [2.24, 2.45) is 0 Å². The number of nitrogens with one attached hydrogen (secondary N) is 1. The van der Waals surface area contributed by atoms with Crippen LogP contribution in [0.3, 0.4) is 0 Å². The summed E-state index contributed by atoms with van der Waals surface area (Å²) in [5, 5.41) is 11.7. The van der Waals surface area contributed by atoms with Crippen molar-refractivity contribution in [3.8, 4) is 11.5 Å². The monoisotopic (exact) mass is 181 g/mol. The van der Waals surface area contributed by atoms with Gasteiger partial charge in [0.2, 0.25) is 0 Å². The lowest BCUT2D eigenvalue weighted by molar-refractivity contribution is 0.0960. The third kappa shape index (κ3) is 1.90. The molecule has 1 aromatic carbocycles. The average Bonchev–Trinajstić information content (AvgIpc) is 2.17. The Bertz CT molecular complexity index is 323. The number of ether oxygens (including phenoxy) is 1. The number of carbonyl (C=O) groups excluding carboxylic acids is 1.